The Morgan fingerprint density at radius 3 is 2.47 bits per heavy atom. The van der Waals surface area contributed by atoms with Gasteiger partial charge in [-0.05, 0) is 43.7 Å². The predicted molar refractivity (Wildman–Crippen MR) is 114 cm³/mol. The predicted octanol–water partition coefficient (Wildman–Crippen LogP) is 5.13. The van der Waals surface area contributed by atoms with Gasteiger partial charge in [-0.3, -0.25) is 14.9 Å². The third-order valence-electron chi connectivity index (χ3n) is 4.49. The number of nitrogens with zero attached hydrogens (tertiary/aromatic N) is 1. The van der Waals surface area contributed by atoms with Crippen LogP contribution in [-0.2, 0) is 6.61 Å². The molecule has 1 N–H and O–H groups in total. The number of carbonyl (C=O) groups is 1. The van der Waals surface area contributed by atoms with Gasteiger partial charge in [0, 0.05) is 11.6 Å². The maximum Gasteiger partial charge on any atom is 0.274 e. The highest BCUT2D eigenvalue weighted by Gasteiger charge is 2.17. The highest BCUT2D eigenvalue weighted by molar-refractivity contribution is 6.05. The standard InChI is InChI=1S/C23H22N2O5/c1-3-29-22-14-18(12-13-21(22)30-15-17-8-5-4-6-9-17)23(26)24-19-10-7-11-20(16(19)2)25(27)28/h4-14H,3,15H2,1-2H3,(H,24,26). The zero-order chi connectivity index (χ0) is 21.5. The van der Waals surface area contributed by atoms with Gasteiger partial charge in [-0.25, -0.2) is 0 Å². The molecule has 0 saturated carbocycles. The topological polar surface area (TPSA) is 90.7 Å². The Morgan fingerprint density at radius 1 is 1.00 bits per heavy atom. The summed E-state index contributed by atoms with van der Waals surface area (Å²) in [5.74, 6) is 0.592. The minimum absolute atomic E-state index is 0.0486. The van der Waals surface area contributed by atoms with E-state index in [1.165, 1.54) is 12.1 Å². The van der Waals surface area contributed by atoms with Crippen LogP contribution in [0.15, 0.2) is 66.7 Å². The number of rotatable bonds is 8. The average molecular weight is 406 g/mol. The summed E-state index contributed by atoms with van der Waals surface area (Å²) in [7, 11) is 0. The molecule has 0 aliphatic heterocycles. The van der Waals surface area contributed by atoms with Crippen molar-refractivity contribution in [3.05, 3.63) is 93.5 Å². The number of hydrogen-bond acceptors (Lipinski definition) is 5. The smallest absolute Gasteiger partial charge is 0.274 e. The fraction of sp³-hybridized carbons (Fsp3) is 0.174. The second-order valence-corrected chi connectivity index (χ2v) is 6.53. The minimum atomic E-state index is -0.475. The second kappa shape index (κ2) is 9.56. The van der Waals surface area contributed by atoms with Gasteiger partial charge < -0.3 is 14.8 Å². The Kier molecular flexibility index (Phi) is 6.64. The Morgan fingerprint density at radius 2 is 1.77 bits per heavy atom. The fourth-order valence-corrected chi connectivity index (χ4v) is 2.92. The van der Waals surface area contributed by atoms with Crippen LogP contribution in [0.25, 0.3) is 0 Å². The zero-order valence-corrected chi connectivity index (χ0v) is 16.8. The molecule has 0 saturated heterocycles. The van der Waals surface area contributed by atoms with E-state index in [-0.39, 0.29) is 5.69 Å². The van der Waals surface area contributed by atoms with E-state index in [2.05, 4.69) is 5.32 Å². The number of anilines is 1. The molecule has 0 aliphatic carbocycles. The second-order valence-electron chi connectivity index (χ2n) is 6.53. The van der Waals surface area contributed by atoms with Crippen molar-refractivity contribution in [3.8, 4) is 11.5 Å². The Hall–Kier alpha value is -3.87. The third kappa shape index (κ3) is 4.94. The summed E-state index contributed by atoms with van der Waals surface area (Å²) in [5, 5.41) is 13.8. The maximum absolute atomic E-state index is 12.7. The van der Waals surface area contributed by atoms with Crippen LogP contribution in [0.3, 0.4) is 0 Å². The van der Waals surface area contributed by atoms with E-state index in [0.717, 1.165) is 5.56 Å². The molecule has 1 amide bonds. The molecule has 0 spiro atoms. The first kappa shape index (κ1) is 20.9. The van der Waals surface area contributed by atoms with E-state index in [1.54, 1.807) is 31.2 Å². The van der Waals surface area contributed by atoms with Crippen molar-refractivity contribution < 1.29 is 19.2 Å². The monoisotopic (exact) mass is 406 g/mol. The first-order chi connectivity index (χ1) is 14.5. The summed E-state index contributed by atoms with van der Waals surface area (Å²) in [4.78, 5) is 23.4. The van der Waals surface area contributed by atoms with Gasteiger partial charge in [0.05, 0.1) is 22.8 Å². The molecule has 0 radical (unpaired) electrons. The molecule has 3 aromatic rings. The lowest BCUT2D eigenvalue weighted by Gasteiger charge is -2.14. The molecule has 0 heterocycles. The van der Waals surface area contributed by atoms with Gasteiger partial charge in [0.25, 0.3) is 11.6 Å². The van der Waals surface area contributed by atoms with Gasteiger partial charge in [-0.1, -0.05) is 36.4 Å². The number of nitrogens with one attached hydrogen (secondary N) is 1. The number of hydrogen-bond donors (Lipinski definition) is 1. The molecule has 3 rings (SSSR count). The summed E-state index contributed by atoms with van der Waals surface area (Å²) in [6.07, 6.45) is 0. The maximum atomic E-state index is 12.7. The first-order valence-corrected chi connectivity index (χ1v) is 9.48. The first-order valence-electron chi connectivity index (χ1n) is 9.48. The van der Waals surface area contributed by atoms with Crippen LogP contribution < -0.4 is 14.8 Å². The molecule has 0 aromatic heterocycles. The highest BCUT2D eigenvalue weighted by atomic mass is 16.6. The Labute approximate surface area is 174 Å². The van der Waals surface area contributed by atoms with Crippen molar-refractivity contribution in [2.45, 2.75) is 20.5 Å². The molecule has 0 atom stereocenters. The molecule has 154 valence electrons. The Balaban J connectivity index is 1.79. The quantitative estimate of drug-likeness (QED) is 0.413. The van der Waals surface area contributed by atoms with Crippen LogP contribution in [0.5, 0.6) is 11.5 Å². The van der Waals surface area contributed by atoms with Crippen LogP contribution in [0.2, 0.25) is 0 Å². The largest absolute Gasteiger partial charge is 0.490 e. The van der Waals surface area contributed by atoms with Gasteiger partial charge >= 0.3 is 0 Å². The van der Waals surface area contributed by atoms with Crippen LogP contribution in [-0.4, -0.2) is 17.4 Å². The van der Waals surface area contributed by atoms with Crippen molar-refractivity contribution in [1.82, 2.24) is 0 Å². The van der Waals surface area contributed by atoms with Gasteiger partial charge in [0.2, 0.25) is 0 Å². The van der Waals surface area contributed by atoms with Crippen molar-refractivity contribution in [2.24, 2.45) is 0 Å². The molecule has 0 fully saturated rings. The highest BCUT2D eigenvalue weighted by Crippen LogP contribution is 2.30. The van der Waals surface area contributed by atoms with Crippen molar-refractivity contribution in [1.29, 1.82) is 0 Å². The molecule has 7 heteroatoms. The third-order valence-corrected chi connectivity index (χ3v) is 4.49. The van der Waals surface area contributed by atoms with E-state index in [4.69, 9.17) is 9.47 Å². The summed E-state index contributed by atoms with van der Waals surface area (Å²) >= 11 is 0. The summed E-state index contributed by atoms with van der Waals surface area (Å²) < 4.78 is 11.5. The van der Waals surface area contributed by atoms with Crippen molar-refractivity contribution >= 4 is 17.3 Å². The van der Waals surface area contributed by atoms with Crippen LogP contribution in [0, 0.1) is 17.0 Å². The molecule has 0 aliphatic rings. The molecular formula is C23H22N2O5. The molecule has 30 heavy (non-hydrogen) atoms. The van der Waals surface area contributed by atoms with Crippen LogP contribution in [0.1, 0.15) is 28.4 Å². The number of nitro groups is 1. The molecular weight excluding hydrogens is 384 g/mol. The minimum Gasteiger partial charge on any atom is -0.490 e. The number of benzene rings is 3. The summed E-state index contributed by atoms with van der Waals surface area (Å²) in [6, 6.07) is 19.2. The van der Waals surface area contributed by atoms with Gasteiger partial charge in [-0.15, -0.1) is 0 Å². The zero-order valence-electron chi connectivity index (χ0n) is 16.8. The van der Waals surface area contributed by atoms with Crippen LogP contribution in [0.4, 0.5) is 11.4 Å². The van der Waals surface area contributed by atoms with Crippen molar-refractivity contribution in [2.75, 3.05) is 11.9 Å². The normalized spacial score (nSPS) is 10.3. The lowest BCUT2D eigenvalue weighted by molar-refractivity contribution is -0.385. The molecule has 7 nitrogen and oxygen atoms in total. The number of ether oxygens (including phenoxy) is 2. The average Bonchev–Trinajstić information content (AvgIpc) is 2.75. The van der Waals surface area contributed by atoms with E-state index >= 15 is 0 Å². The van der Waals surface area contributed by atoms with E-state index in [1.807, 2.05) is 37.3 Å². The number of nitro benzene ring substituents is 1. The fourth-order valence-electron chi connectivity index (χ4n) is 2.92. The molecule has 0 bridgehead atoms. The lowest BCUT2D eigenvalue weighted by atomic mass is 10.1. The van der Waals surface area contributed by atoms with E-state index in [0.29, 0.717) is 41.5 Å². The van der Waals surface area contributed by atoms with Gasteiger partial charge in [0.15, 0.2) is 11.5 Å². The van der Waals surface area contributed by atoms with Crippen LogP contribution >= 0.6 is 0 Å². The Bertz CT molecular complexity index is 1050. The van der Waals surface area contributed by atoms with Crippen molar-refractivity contribution in [3.63, 3.8) is 0 Å². The lowest BCUT2D eigenvalue weighted by Crippen LogP contribution is -2.13. The van der Waals surface area contributed by atoms with E-state index in [9.17, 15) is 14.9 Å². The number of carbonyl (C=O) groups excluding carboxylic acids is 1. The van der Waals surface area contributed by atoms with E-state index < -0.39 is 10.8 Å². The van der Waals surface area contributed by atoms with Gasteiger partial charge in [-0.2, -0.15) is 0 Å². The van der Waals surface area contributed by atoms with Gasteiger partial charge in [0.1, 0.15) is 6.61 Å². The summed E-state index contributed by atoms with van der Waals surface area (Å²) in [6.45, 7) is 4.23. The molecule has 0 unspecified atom stereocenters. The summed E-state index contributed by atoms with van der Waals surface area (Å²) in [5.41, 5.74) is 2.10. The SMILES string of the molecule is CCOc1cc(C(=O)Nc2cccc([N+](=O)[O-])c2C)ccc1OCc1ccccc1. The molecule has 3 aromatic carbocycles. The number of amides is 1.